The second-order valence-corrected chi connectivity index (χ2v) is 5.25. The number of carboxylic acids is 1. The molecule has 2 aliphatic rings. The quantitative estimate of drug-likeness (QED) is 0.541. The minimum atomic E-state index is -0.844. The molecular formula is C13H20N2O4. The van der Waals surface area contributed by atoms with E-state index in [0.29, 0.717) is 13.0 Å². The van der Waals surface area contributed by atoms with Gasteiger partial charge in [0, 0.05) is 12.5 Å². The van der Waals surface area contributed by atoms with Crippen LogP contribution in [0.4, 0.5) is 0 Å². The SMILES string of the molecule is O=C(O)CCCNC1CC(=O)N(C2CCCC2)C1=O. The van der Waals surface area contributed by atoms with E-state index < -0.39 is 12.0 Å². The van der Waals surface area contributed by atoms with Gasteiger partial charge in [0.15, 0.2) is 0 Å². The average Bonchev–Trinajstić information content (AvgIpc) is 2.94. The van der Waals surface area contributed by atoms with E-state index in [1.807, 2.05) is 0 Å². The van der Waals surface area contributed by atoms with Crippen LogP contribution in [-0.4, -0.2) is 46.4 Å². The average molecular weight is 268 g/mol. The van der Waals surface area contributed by atoms with Gasteiger partial charge >= 0.3 is 5.97 Å². The summed E-state index contributed by atoms with van der Waals surface area (Å²) in [6.45, 7) is 0.453. The number of nitrogens with one attached hydrogen (secondary N) is 1. The number of carboxylic acid groups (broad SMARTS) is 1. The second kappa shape index (κ2) is 6.14. The van der Waals surface area contributed by atoms with Crippen LogP contribution in [-0.2, 0) is 14.4 Å². The van der Waals surface area contributed by atoms with Crippen LogP contribution in [0, 0.1) is 0 Å². The van der Waals surface area contributed by atoms with Crippen molar-refractivity contribution in [3.8, 4) is 0 Å². The van der Waals surface area contributed by atoms with Crippen LogP contribution in [0.25, 0.3) is 0 Å². The fourth-order valence-corrected chi connectivity index (χ4v) is 2.87. The highest BCUT2D eigenvalue weighted by Gasteiger charge is 2.42. The highest BCUT2D eigenvalue weighted by molar-refractivity contribution is 6.05. The van der Waals surface area contributed by atoms with E-state index in [-0.39, 0.29) is 30.7 Å². The van der Waals surface area contributed by atoms with E-state index in [0.717, 1.165) is 25.7 Å². The molecule has 2 amide bonds. The Morgan fingerprint density at radius 3 is 2.63 bits per heavy atom. The second-order valence-electron chi connectivity index (χ2n) is 5.25. The molecular weight excluding hydrogens is 248 g/mol. The molecule has 1 saturated carbocycles. The minimum Gasteiger partial charge on any atom is -0.481 e. The van der Waals surface area contributed by atoms with Gasteiger partial charge in [-0.05, 0) is 25.8 Å². The van der Waals surface area contributed by atoms with Crippen LogP contribution in [0.15, 0.2) is 0 Å². The van der Waals surface area contributed by atoms with Gasteiger partial charge in [0.05, 0.1) is 12.5 Å². The van der Waals surface area contributed by atoms with Gasteiger partial charge in [0.1, 0.15) is 0 Å². The van der Waals surface area contributed by atoms with E-state index >= 15 is 0 Å². The van der Waals surface area contributed by atoms with Crippen molar-refractivity contribution in [3.63, 3.8) is 0 Å². The monoisotopic (exact) mass is 268 g/mol. The van der Waals surface area contributed by atoms with Crippen molar-refractivity contribution in [2.24, 2.45) is 0 Å². The number of hydrogen-bond acceptors (Lipinski definition) is 4. The van der Waals surface area contributed by atoms with Crippen molar-refractivity contribution in [1.82, 2.24) is 10.2 Å². The van der Waals surface area contributed by atoms with Crippen molar-refractivity contribution in [2.45, 2.75) is 57.0 Å². The molecule has 0 spiro atoms. The zero-order valence-electron chi connectivity index (χ0n) is 10.9. The predicted molar refractivity (Wildman–Crippen MR) is 67.4 cm³/mol. The number of imide groups is 1. The molecule has 1 heterocycles. The lowest BCUT2D eigenvalue weighted by Crippen LogP contribution is -2.43. The number of amides is 2. The highest BCUT2D eigenvalue weighted by atomic mass is 16.4. The molecule has 6 heteroatoms. The first-order valence-corrected chi connectivity index (χ1v) is 6.90. The van der Waals surface area contributed by atoms with Crippen molar-refractivity contribution >= 4 is 17.8 Å². The number of hydrogen-bond donors (Lipinski definition) is 2. The molecule has 1 unspecified atom stereocenters. The Hall–Kier alpha value is -1.43. The van der Waals surface area contributed by atoms with E-state index in [1.54, 1.807) is 0 Å². The molecule has 0 aromatic carbocycles. The zero-order valence-corrected chi connectivity index (χ0v) is 10.9. The number of rotatable bonds is 6. The van der Waals surface area contributed by atoms with E-state index in [9.17, 15) is 14.4 Å². The van der Waals surface area contributed by atoms with Gasteiger partial charge in [-0.2, -0.15) is 0 Å². The van der Waals surface area contributed by atoms with Gasteiger partial charge in [0.2, 0.25) is 11.8 Å². The van der Waals surface area contributed by atoms with Crippen molar-refractivity contribution < 1.29 is 19.5 Å². The summed E-state index contributed by atoms with van der Waals surface area (Å²) in [4.78, 5) is 35.9. The van der Waals surface area contributed by atoms with Crippen LogP contribution in [0.1, 0.15) is 44.9 Å². The Morgan fingerprint density at radius 1 is 1.32 bits per heavy atom. The smallest absolute Gasteiger partial charge is 0.303 e. The van der Waals surface area contributed by atoms with Gasteiger partial charge in [-0.3, -0.25) is 19.3 Å². The fraction of sp³-hybridized carbons (Fsp3) is 0.769. The Bertz CT molecular complexity index is 377. The standard InChI is InChI=1S/C13H20N2O4/c16-11-8-10(14-7-3-6-12(17)18)13(19)15(11)9-4-1-2-5-9/h9-10,14H,1-8H2,(H,17,18). The maximum absolute atomic E-state index is 12.2. The van der Waals surface area contributed by atoms with Gasteiger partial charge in [-0.25, -0.2) is 0 Å². The third-order valence-electron chi connectivity index (χ3n) is 3.83. The summed E-state index contributed by atoms with van der Waals surface area (Å²) in [5.41, 5.74) is 0. The lowest BCUT2D eigenvalue weighted by atomic mass is 10.2. The molecule has 2 N–H and O–H groups in total. The van der Waals surface area contributed by atoms with E-state index in [1.165, 1.54) is 4.90 Å². The maximum Gasteiger partial charge on any atom is 0.303 e. The highest BCUT2D eigenvalue weighted by Crippen LogP contribution is 2.28. The van der Waals surface area contributed by atoms with Crippen LogP contribution in [0.5, 0.6) is 0 Å². The van der Waals surface area contributed by atoms with E-state index in [2.05, 4.69) is 5.32 Å². The fourth-order valence-electron chi connectivity index (χ4n) is 2.87. The third-order valence-corrected chi connectivity index (χ3v) is 3.83. The number of aliphatic carboxylic acids is 1. The molecule has 1 aliphatic carbocycles. The van der Waals surface area contributed by atoms with Gasteiger partial charge in [-0.1, -0.05) is 12.8 Å². The van der Waals surface area contributed by atoms with Gasteiger partial charge < -0.3 is 10.4 Å². The molecule has 106 valence electrons. The molecule has 0 aromatic rings. The number of carbonyl (C=O) groups excluding carboxylic acids is 2. The zero-order chi connectivity index (χ0) is 13.8. The molecule has 1 saturated heterocycles. The van der Waals surface area contributed by atoms with Crippen molar-refractivity contribution in [2.75, 3.05) is 6.54 Å². The Labute approximate surface area is 112 Å². The minimum absolute atomic E-state index is 0.0776. The molecule has 1 aliphatic heterocycles. The van der Waals surface area contributed by atoms with Gasteiger partial charge in [0.25, 0.3) is 0 Å². The summed E-state index contributed by atoms with van der Waals surface area (Å²) >= 11 is 0. The number of nitrogens with zero attached hydrogens (tertiary/aromatic N) is 1. The summed E-state index contributed by atoms with van der Waals surface area (Å²) in [5.74, 6) is -1.07. The van der Waals surface area contributed by atoms with Gasteiger partial charge in [-0.15, -0.1) is 0 Å². The third kappa shape index (κ3) is 3.32. The predicted octanol–water partition coefficient (Wildman–Crippen LogP) is 0.511. The molecule has 0 bridgehead atoms. The lowest BCUT2D eigenvalue weighted by Gasteiger charge is -2.22. The first-order valence-electron chi connectivity index (χ1n) is 6.90. The number of carbonyl (C=O) groups is 3. The summed E-state index contributed by atoms with van der Waals surface area (Å²) in [6.07, 6.45) is 4.76. The topological polar surface area (TPSA) is 86.7 Å². The molecule has 2 rings (SSSR count). The van der Waals surface area contributed by atoms with Crippen LogP contribution in [0.2, 0.25) is 0 Å². The number of likely N-dealkylation sites (tertiary alicyclic amines) is 1. The van der Waals surface area contributed by atoms with E-state index in [4.69, 9.17) is 5.11 Å². The summed E-state index contributed by atoms with van der Waals surface area (Å²) < 4.78 is 0. The maximum atomic E-state index is 12.2. The first kappa shape index (κ1) is 14.0. The Morgan fingerprint density at radius 2 is 2.00 bits per heavy atom. The van der Waals surface area contributed by atoms with Crippen molar-refractivity contribution in [1.29, 1.82) is 0 Å². The summed E-state index contributed by atoms with van der Waals surface area (Å²) in [7, 11) is 0. The molecule has 6 nitrogen and oxygen atoms in total. The van der Waals surface area contributed by atoms with Crippen LogP contribution < -0.4 is 5.32 Å². The molecule has 0 radical (unpaired) electrons. The molecule has 2 fully saturated rings. The van der Waals surface area contributed by atoms with Crippen LogP contribution in [0.3, 0.4) is 0 Å². The Balaban J connectivity index is 1.82. The largest absolute Gasteiger partial charge is 0.481 e. The van der Waals surface area contributed by atoms with Crippen molar-refractivity contribution in [3.05, 3.63) is 0 Å². The molecule has 0 aromatic heterocycles. The Kier molecular flexibility index (Phi) is 4.52. The summed E-state index contributed by atoms with van der Waals surface area (Å²) in [6, 6.07) is -0.368. The first-order chi connectivity index (χ1) is 9.09. The summed E-state index contributed by atoms with van der Waals surface area (Å²) in [5, 5.41) is 11.5. The van der Waals surface area contributed by atoms with Crippen LogP contribution >= 0.6 is 0 Å². The lowest BCUT2D eigenvalue weighted by molar-refractivity contribution is -0.141. The normalized spacial score (nSPS) is 24.4. The molecule has 1 atom stereocenters. The molecule has 19 heavy (non-hydrogen) atoms.